The van der Waals surface area contributed by atoms with Crippen molar-refractivity contribution >= 4 is 17.6 Å². The Hall–Kier alpha value is -2.76. The number of para-hydroxylation sites is 1. The van der Waals surface area contributed by atoms with E-state index in [4.69, 9.17) is 9.15 Å². The number of carbonyl (C=O) groups excluding carboxylic acids is 2. The van der Waals surface area contributed by atoms with Gasteiger partial charge in [-0.25, -0.2) is 4.79 Å². The lowest BCUT2D eigenvalue weighted by Gasteiger charge is -2.23. The van der Waals surface area contributed by atoms with Gasteiger partial charge in [0.15, 0.2) is 6.10 Å². The molecule has 0 aliphatic rings. The summed E-state index contributed by atoms with van der Waals surface area (Å²) < 4.78 is 10.6. The molecule has 6 nitrogen and oxygen atoms in total. The van der Waals surface area contributed by atoms with Crippen molar-refractivity contribution in [2.45, 2.75) is 45.9 Å². The molecular formula is C19H24N2O4. The highest BCUT2D eigenvalue weighted by Crippen LogP contribution is 2.18. The molecule has 1 heterocycles. The zero-order valence-electron chi connectivity index (χ0n) is 15.0. The summed E-state index contributed by atoms with van der Waals surface area (Å²) in [6.45, 7) is 7.60. The molecule has 0 radical (unpaired) electrons. The molecule has 1 amide bonds. The lowest BCUT2D eigenvalue weighted by molar-refractivity contribution is -0.130. The van der Waals surface area contributed by atoms with E-state index in [0.717, 1.165) is 5.76 Å². The topological polar surface area (TPSA) is 80.6 Å². The average molecular weight is 344 g/mol. The molecule has 2 rings (SSSR count). The third-order valence-electron chi connectivity index (χ3n) is 3.33. The Morgan fingerprint density at radius 2 is 1.88 bits per heavy atom. The molecule has 6 heteroatoms. The third-order valence-corrected chi connectivity index (χ3v) is 3.33. The van der Waals surface area contributed by atoms with Crippen LogP contribution in [0.3, 0.4) is 0 Å². The number of ether oxygens (including phenoxy) is 1. The molecule has 0 saturated heterocycles. The van der Waals surface area contributed by atoms with Gasteiger partial charge in [0.25, 0.3) is 5.91 Å². The molecule has 2 aromatic rings. The Kier molecular flexibility index (Phi) is 5.85. The highest BCUT2D eigenvalue weighted by Gasteiger charge is 2.23. The molecule has 0 aliphatic carbocycles. The highest BCUT2D eigenvalue weighted by atomic mass is 16.5. The van der Waals surface area contributed by atoms with Crippen LogP contribution in [0.25, 0.3) is 0 Å². The zero-order chi connectivity index (χ0) is 18.4. The van der Waals surface area contributed by atoms with E-state index in [9.17, 15) is 9.59 Å². The summed E-state index contributed by atoms with van der Waals surface area (Å²) in [5.41, 5.74) is 0.595. The Bertz CT molecular complexity index is 717. The van der Waals surface area contributed by atoms with Gasteiger partial charge in [-0.15, -0.1) is 0 Å². The molecule has 2 N–H and O–H groups in total. The number of rotatable bonds is 6. The van der Waals surface area contributed by atoms with E-state index in [1.807, 2.05) is 32.9 Å². The summed E-state index contributed by atoms with van der Waals surface area (Å²) in [6.07, 6.45) is 0.706. The average Bonchev–Trinajstić information content (AvgIpc) is 3.05. The van der Waals surface area contributed by atoms with Gasteiger partial charge in [0, 0.05) is 11.2 Å². The van der Waals surface area contributed by atoms with Crippen LogP contribution in [0, 0.1) is 0 Å². The van der Waals surface area contributed by atoms with Gasteiger partial charge in [-0.05, 0) is 52.0 Å². The van der Waals surface area contributed by atoms with E-state index in [2.05, 4.69) is 10.6 Å². The van der Waals surface area contributed by atoms with E-state index < -0.39 is 12.1 Å². The van der Waals surface area contributed by atoms with Crippen LogP contribution in [-0.2, 0) is 16.1 Å². The fraction of sp³-hybridized carbons (Fsp3) is 0.368. The van der Waals surface area contributed by atoms with Crippen LogP contribution in [0.4, 0.5) is 5.69 Å². The minimum Gasteiger partial charge on any atom is -0.467 e. The number of furan rings is 1. The van der Waals surface area contributed by atoms with E-state index >= 15 is 0 Å². The van der Waals surface area contributed by atoms with E-state index in [0.29, 0.717) is 17.8 Å². The zero-order valence-corrected chi connectivity index (χ0v) is 15.0. The van der Waals surface area contributed by atoms with E-state index in [-0.39, 0.29) is 11.4 Å². The maximum Gasteiger partial charge on any atom is 0.341 e. The first-order valence-corrected chi connectivity index (χ1v) is 8.14. The number of anilines is 1. The molecule has 0 bridgehead atoms. The molecule has 25 heavy (non-hydrogen) atoms. The number of amides is 1. The number of benzene rings is 1. The number of carbonyl (C=O) groups is 2. The lowest BCUT2D eigenvalue weighted by Crippen LogP contribution is -2.46. The molecule has 1 aromatic heterocycles. The van der Waals surface area contributed by atoms with Gasteiger partial charge in [-0.3, -0.25) is 4.79 Å². The molecule has 0 spiro atoms. The van der Waals surface area contributed by atoms with Crippen LogP contribution in [-0.4, -0.2) is 23.5 Å². The Morgan fingerprint density at radius 1 is 1.16 bits per heavy atom. The second-order valence-electron chi connectivity index (χ2n) is 6.77. The quantitative estimate of drug-likeness (QED) is 0.786. The van der Waals surface area contributed by atoms with Gasteiger partial charge in [0.05, 0.1) is 18.4 Å². The number of nitrogens with one attached hydrogen (secondary N) is 2. The minimum absolute atomic E-state index is 0.332. The van der Waals surface area contributed by atoms with Crippen LogP contribution in [0.2, 0.25) is 0 Å². The van der Waals surface area contributed by atoms with Crippen molar-refractivity contribution in [3.05, 3.63) is 54.0 Å². The lowest BCUT2D eigenvalue weighted by atomic mass is 10.1. The summed E-state index contributed by atoms with van der Waals surface area (Å²) in [5, 5.41) is 5.93. The summed E-state index contributed by atoms with van der Waals surface area (Å²) >= 11 is 0. The third kappa shape index (κ3) is 5.67. The summed E-state index contributed by atoms with van der Waals surface area (Å²) in [5.74, 6) is -0.137. The number of hydrogen-bond donors (Lipinski definition) is 2. The van der Waals surface area contributed by atoms with Crippen molar-refractivity contribution in [1.29, 1.82) is 0 Å². The molecule has 0 fully saturated rings. The van der Waals surface area contributed by atoms with E-state index in [1.54, 1.807) is 37.5 Å². The Balaban J connectivity index is 2.02. The van der Waals surface area contributed by atoms with Crippen LogP contribution >= 0.6 is 0 Å². The largest absolute Gasteiger partial charge is 0.467 e. The summed E-state index contributed by atoms with van der Waals surface area (Å²) in [4.78, 5) is 24.5. The van der Waals surface area contributed by atoms with Crippen molar-refractivity contribution in [3.63, 3.8) is 0 Å². The number of hydrogen-bond acceptors (Lipinski definition) is 5. The predicted molar refractivity (Wildman–Crippen MR) is 95.2 cm³/mol. The first-order valence-electron chi connectivity index (χ1n) is 8.14. The Labute approximate surface area is 147 Å². The van der Waals surface area contributed by atoms with Gasteiger partial charge in [-0.1, -0.05) is 12.1 Å². The first kappa shape index (κ1) is 18.6. The number of esters is 1. The molecular weight excluding hydrogens is 320 g/mol. The highest BCUT2D eigenvalue weighted by molar-refractivity contribution is 5.97. The summed E-state index contributed by atoms with van der Waals surface area (Å²) in [6, 6.07) is 10.6. The van der Waals surface area contributed by atoms with Crippen molar-refractivity contribution in [3.8, 4) is 0 Å². The second-order valence-corrected chi connectivity index (χ2v) is 6.77. The second kappa shape index (κ2) is 7.88. The fourth-order valence-corrected chi connectivity index (χ4v) is 2.16. The molecule has 0 aliphatic heterocycles. The molecule has 1 atom stereocenters. The summed E-state index contributed by atoms with van der Waals surface area (Å²) in [7, 11) is 0. The molecule has 134 valence electrons. The van der Waals surface area contributed by atoms with Crippen molar-refractivity contribution in [1.82, 2.24) is 5.32 Å². The van der Waals surface area contributed by atoms with Crippen LogP contribution in [0.15, 0.2) is 47.1 Å². The van der Waals surface area contributed by atoms with Crippen LogP contribution in [0.1, 0.15) is 43.8 Å². The van der Waals surface area contributed by atoms with Gasteiger partial charge in [0.2, 0.25) is 0 Å². The van der Waals surface area contributed by atoms with Gasteiger partial charge in [-0.2, -0.15) is 0 Å². The molecule has 0 unspecified atom stereocenters. The monoisotopic (exact) mass is 344 g/mol. The minimum atomic E-state index is -0.884. The molecule has 1 aromatic carbocycles. The molecule has 0 saturated carbocycles. The van der Waals surface area contributed by atoms with Crippen molar-refractivity contribution in [2.75, 3.05) is 5.32 Å². The van der Waals surface area contributed by atoms with Crippen LogP contribution < -0.4 is 10.6 Å². The maximum atomic E-state index is 12.4. The smallest absolute Gasteiger partial charge is 0.341 e. The first-order chi connectivity index (χ1) is 11.8. The van der Waals surface area contributed by atoms with Gasteiger partial charge in [0.1, 0.15) is 5.76 Å². The van der Waals surface area contributed by atoms with Gasteiger partial charge >= 0.3 is 5.97 Å². The van der Waals surface area contributed by atoms with E-state index in [1.165, 1.54) is 0 Å². The predicted octanol–water partition coefficient (Wildman–Crippen LogP) is 3.35. The van der Waals surface area contributed by atoms with Crippen molar-refractivity contribution < 1.29 is 18.7 Å². The fourth-order valence-electron chi connectivity index (χ4n) is 2.16. The SMILES string of the molecule is C[C@H](OC(=O)c1ccccc1NCc1ccco1)C(=O)NC(C)(C)C. The van der Waals surface area contributed by atoms with Crippen molar-refractivity contribution in [2.24, 2.45) is 0 Å². The van der Waals surface area contributed by atoms with Gasteiger partial charge < -0.3 is 19.8 Å². The maximum absolute atomic E-state index is 12.4. The normalized spacial score (nSPS) is 12.3. The standard InChI is InChI=1S/C19H24N2O4/c1-13(17(22)21-19(2,3)4)25-18(23)15-9-5-6-10-16(15)20-12-14-8-7-11-24-14/h5-11,13,20H,12H2,1-4H3,(H,21,22)/t13-/m0/s1. The Morgan fingerprint density at radius 3 is 2.52 bits per heavy atom. The van der Waals surface area contributed by atoms with Crippen LogP contribution in [0.5, 0.6) is 0 Å².